The van der Waals surface area contributed by atoms with Crippen molar-refractivity contribution in [3.63, 3.8) is 0 Å². The molecule has 0 unspecified atom stereocenters. The lowest BCUT2D eigenvalue weighted by Gasteiger charge is -2.19. The minimum atomic E-state index is 0.247. The predicted molar refractivity (Wildman–Crippen MR) is 80.4 cm³/mol. The highest BCUT2D eigenvalue weighted by molar-refractivity contribution is 5.19. The van der Waals surface area contributed by atoms with Gasteiger partial charge in [0.1, 0.15) is 0 Å². The van der Waals surface area contributed by atoms with Gasteiger partial charge in [0.05, 0.1) is 6.10 Å². The number of hydrogen-bond acceptors (Lipinski definition) is 2. The summed E-state index contributed by atoms with van der Waals surface area (Å²) in [5, 5.41) is 3.57. The van der Waals surface area contributed by atoms with Gasteiger partial charge in [0.2, 0.25) is 0 Å². The van der Waals surface area contributed by atoms with Gasteiger partial charge in [-0.25, -0.2) is 0 Å². The molecule has 2 atom stereocenters. The third kappa shape index (κ3) is 2.94. The molecule has 3 rings (SSSR count). The molecule has 0 radical (unpaired) electrons. The number of rotatable bonds is 5. The molecule has 2 aromatic rings. The topological polar surface area (TPSA) is 26.2 Å². The highest BCUT2D eigenvalue weighted by Crippen LogP contribution is 2.33. The highest BCUT2D eigenvalue weighted by atomic mass is 16.5. The van der Waals surface area contributed by atoms with Crippen molar-refractivity contribution in [1.29, 1.82) is 0 Å². The lowest BCUT2D eigenvalue weighted by Crippen LogP contribution is -2.25. The van der Waals surface area contributed by atoms with Crippen LogP contribution in [0.5, 0.6) is 0 Å². The van der Waals surface area contributed by atoms with Crippen molar-refractivity contribution in [3.05, 3.63) is 59.9 Å². The van der Waals surface area contributed by atoms with Crippen LogP contribution in [0.4, 0.5) is 0 Å². The van der Waals surface area contributed by atoms with Gasteiger partial charge in [0, 0.05) is 44.6 Å². The van der Waals surface area contributed by atoms with Crippen LogP contribution in [0.2, 0.25) is 0 Å². The Hall–Kier alpha value is -1.58. The van der Waals surface area contributed by atoms with Crippen LogP contribution in [0.3, 0.4) is 0 Å². The molecule has 3 nitrogen and oxygen atoms in total. The monoisotopic (exact) mass is 270 g/mol. The Labute approximate surface area is 120 Å². The summed E-state index contributed by atoms with van der Waals surface area (Å²) in [6, 6.07) is 14.8. The van der Waals surface area contributed by atoms with E-state index in [-0.39, 0.29) is 6.10 Å². The molecule has 0 spiro atoms. The van der Waals surface area contributed by atoms with E-state index in [1.165, 1.54) is 11.3 Å². The zero-order valence-electron chi connectivity index (χ0n) is 12.0. The highest BCUT2D eigenvalue weighted by Gasteiger charge is 2.28. The van der Waals surface area contributed by atoms with Crippen LogP contribution in [0, 0.1) is 5.92 Å². The van der Waals surface area contributed by atoms with Gasteiger partial charge in [0.25, 0.3) is 0 Å². The van der Waals surface area contributed by atoms with E-state index < -0.39 is 0 Å². The van der Waals surface area contributed by atoms with Crippen molar-refractivity contribution >= 4 is 0 Å². The van der Waals surface area contributed by atoms with Crippen LogP contribution in [0.15, 0.2) is 48.7 Å². The molecule has 1 N–H and O–H groups in total. The van der Waals surface area contributed by atoms with Crippen LogP contribution in [-0.4, -0.2) is 17.7 Å². The summed E-state index contributed by atoms with van der Waals surface area (Å²) in [6.45, 7) is 2.79. The lowest BCUT2D eigenvalue weighted by molar-refractivity contribution is 0.0904. The Morgan fingerprint density at radius 3 is 2.80 bits per heavy atom. The Morgan fingerprint density at radius 2 is 2.05 bits per heavy atom. The van der Waals surface area contributed by atoms with Crippen LogP contribution in [0.25, 0.3) is 0 Å². The summed E-state index contributed by atoms with van der Waals surface area (Å²) in [6.07, 6.45) is 3.47. The molecule has 1 aromatic heterocycles. The van der Waals surface area contributed by atoms with E-state index in [4.69, 9.17) is 4.74 Å². The third-order valence-electron chi connectivity index (χ3n) is 4.11. The number of aromatic nitrogens is 1. The second-order valence-electron chi connectivity index (χ2n) is 5.49. The Kier molecular flexibility index (Phi) is 4.19. The molecular formula is C17H22N2O. The van der Waals surface area contributed by atoms with Crippen molar-refractivity contribution in [3.8, 4) is 0 Å². The largest absolute Gasteiger partial charge is 0.373 e. The third-order valence-corrected chi connectivity index (χ3v) is 4.11. The number of benzene rings is 1. The van der Waals surface area contributed by atoms with Crippen LogP contribution in [0.1, 0.15) is 23.8 Å². The fraction of sp³-hybridized carbons (Fsp3) is 0.412. The van der Waals surface area contributed by atoms with Crippen molar-refractivity contribution in [1.82, 2.24) is 9.88 Å². The number of ether oxygens (including phenoxy) is 1. The maximum atomic E-state index is 5.92. The van der Waals surface area contributed by atoms with Gasteiger partial charge in [-0.2, -0.15) is 0 Å². The first-order valence-corrected chi connectivity index (χ1v) is 7.32. The Balaban J connectivity index is 1.56. The van der Waals surface area contributed by atoms with E-state index in [0.29, 0.717) is 5.92 Å². The van der Waals surface area contributed by atoms with Crippen molar-refractivity contribution in [2.75, 3.05) is 13.2 Å². The maximum absolute atomic E-state index is 5.92. The molecular weight excluding hydrogens is 248 g/mol. The summed E-state index contributed by atoms with van der Waals surface area (Å²) in [5.74, 6) is 0.567. The minimum Gasteiger partial charge on any atom is -0.373 e. The SMILES string of the molecule is Cn1cccc1CNC[C@H]1CCO[C@@H]1c1ccccc1. The summed E-state index contributed by atoms with van der Waals surface area (Å²) in [4.78, 5) is 0. The normalized spacial score (nSPS) is 22.2. The zero-order valence-corrected chi connectivity index (χ0v) is 12.0. The average molecular weight is 270 g/mol. The molecule has 106 valence electrons. The van der Waals surface area contributed by atoms with Gasteiger partial charge < -0.3 is 14.6 Å². The summed E-state index contributed by atoms with van der Waals surface area (Å²) in [7, 11) is 2.09. The lowest BCUT2D eigenvalue weighted by atomic mass is 9.95. The summed E-state index contributed by atoms with van der Waals surface area (Å²) < 4.78 is 8.08. The van der Waals surface area contributed by atoms with Crippen LogP contribution in [-0.2, 0) is 18.3 Å². The molecule has 0 bridgehead atoms. The van der Waals surface area contributed by atoms with E-state index in [1.54, 1.807) is 0 Å². The van der Waals surface area contributed by atoms with Crippen molar-refractivity contribution in [2.24, 2.45) is 13.0 Å². The Bertz CT molecular complexity index is 535. The molecule has 1 aliphatic heterocycles. The number of nitrogens with one attached hydrogen (secondary N) is 1. The van der Waals surface area contributed by atoms with Crippen molar-refractivity contribution in [2.45, 2.75) is 19.1 Å². The summed E-state index contributed by atoms with van der Waals surface area (Å²) in [5.41, 5.74) is 2.62. The van der Waals surface area contributed by atoms with Gasteiger partial charge in [-0.15, -0.1) is 0 Å². The predicted octanol–water partition coefficient (Wildman–Crippen LogP) is 2.89. The molecule has 0 amide bonds. The molecule has 0 saturated carbocycles. The summed E-state index contributed by atoms with van der Waals surface area (Å²) >= 11 is 0. The Morgan fingerprint density at radius 1 is 1.20 bits per heavy atom. The van der Waals surface area contributed by atoms with Gasteiger partial charge >= 0.3 is 0 Å². The average Bonchev–Trinajstić information content (AvgIpc) is 3.10. The van der Waals surface area contributed by atoms with Gasteiger partial charge in [-0.05, 0) is 24.1 Å². The number of hydrogen-bond donors (Lipinski definition) is 1. The molecule has 2 heterocycles. The fourth-order valence-electron chi connectivity index (χ4n) is 2.92. The molecule has 3 heteroatoms. The van der Waals surface area contributed by atoms with Gasteiger partial charge in [-0.3, -0.25) is 0 Å². The van der Waals surface area contributed by atoms with E-state index in [1.807, 2.05) is 0 Å². The quantitative estimate of drug-likeness (QED) is 0.904. The molecule has 0 aliphatic carbocycles. The molecule has 1 aromatic carbocycles. The van der Waals surface area contributed by atoms with Crippen LogP contribution < -0.4 is 5.32 Å². The maximum Gasteiger partial charge on any atom is 0.0866 e. The van der Waals surface area contributed by atoms with E-state index in [0.717, 1.165) is 26.1 Å². The van der Waals surface area contributed by atoms with Crippen molar-refractivity contribution < 1.29 is 4.74 Å². The molecule has 1 saturated heterocycles. The van der Waals surface area contributed by atoms with Crippen LogP contribution >= 0.6 is 0 Å². The molecule has 1 fully saturated rings. The second kappa shape index (κ2) is 6.25. The molecule has 20 heavy (non-hydrogen) atoms. The second-order valence-corrected chi connectivity index (χ2v) is 5.49. The fourth-order valence-corrected chi connectivity index (χ4v) is 2.92. The smallest absolute Gasteiger partial charge is 0.0866 e. The number of aryl methyl sites for hydroxylation is 1. The van der Waals surface area contributed by atoms with Gasteiger partial charge in [-0.1, -0.05) is 30.3 Å². The molecule has 1 aliphatic rings. The van der Waals surface area contributed by atoms with E-state index in [2.05, 4.69) is 65.6 Å². The van der Waals surface area contributed by atoms with E-state index >= 15 is 0 Å². The first-order valence-electron chi connectivity index (χ1n) is 7.32. The minimum absolute atomic E-state index is 0.247. The first kappa shape index (κ1) is 13.4. The zero-order chi connectivity index (χ0) is 13.8. The standard InChI is InChI=1S/C17H22N2O/c1-19-10-5-8-16(19)13-18-12-15-9-11-20-17(15)14-6-3-2-4-7-14/h2-8,10,15,17-18H,9,11-13H2,1H3/t15-,17-/m1/s1. The number of nitrogens with zero attached hydrogens (tertiary/aromatic N) is 1. The van der Waals surface area contributed by atoms with E-state index in [9.17, 15) is 0 Å². The first-order chi connectivity index (χ1) is 9.84. The van der Waals surface area contributed by atoms with Gasteiger partial charge in [0.15, 0.2) is 0 Å².